The van der Waals surface area contributed by atoms with Crippen LogP contribution in [0.5, 0.6) is 0 Å². The molecule has 26 heavy (non-hydrogen) atoms. The highest BCUT2D eigenvalue weighted by Gasteiger charge is 2.21. The first-order valence-electron chi connectivity index (χ1n) is 8.69. The molecule has 3 aromatic rings. The van der Waals surface area contributed by atoms with E-state index in [4.69, 9.17) is 4.98 Å². The van der Waals surface area contributed by atoms with Gasteiger partial charge in [-0.1, -0.05) is 0 Å². The highest BCUT2D eigenvalue weighted by molar-refractivity contribution is 7.18. The molecule has 7 heteroatoms. The highest BCUT2D eigenvalue weighted by atomic mass is 32.1. The Morgan fingerprint density at radius 1 is 1.15 bits per heavy atom. The molecule has 0 aliphatic heterocycles. The zero-order chi connectivity index (χ0) is 18.3. The second kappa shape index (κ2) is 6.57. The monoisotopic (exact) mass is 368 g/mol. The van der Waals surface area contributed by atoms with Gasteiger partial charge >= 0.3 is 0 Å². The van der Waals surface area contributed by atoms with Crippen molar-refractivity contribution in [2.75, 3.05) is 10.6 Å². The van der Waals surface area contributed by atoms with E-state index in [1.807, 2.05) is 24.3 Å². The maximum Gasteiger partial charge on any atom is 0.263 e. The second-order valence-electron chi connectivity index (χ2n) is 6.57. The number of fused-ring (bicyclic) bond motifs is 3. The van der Waals surface area contributed by atoms with Gasteiger partial charge in [0.25, 0.3) is 5.56 Å². The van der Waals surface area contributed by atoms with Crippen LogP contribution < -0.4 is 16.2 Å². The molecule has 6 nitrogen and oxygen atoms in total. The van der Waals surface area contributed by atoms with Crippen molar-refractivity contribution in [3.8, 4) is 0 Å². The first kappa shape index (κ1) is 16.8. The fourth-order valence-corrected chi connectivity index (χ4v) is 4.62. The Morgan fingerprint density at radius 2 is 1.85 bits per heavy atom. The number of carbonyl (C=O) groups is 1. The Balaban J connectivity index is 1.69. The SMILES string of the molecule is CC(=O)Nc1ccc(Nc2nc3sc4c(c3c(=O)n2C)CCCC4)cc1. The summed E-state index contributed by atoms with van der Waals surface area (Å²) in [4.78, 5) is 30.8. The summed E-state index contributed by atoms with van der Waals surface area (Å²) in [7, 11) is 1.75. The van der Waals surface area contributed by atoms with Crippen molar-refractivity contribution < 1.29 is 4.79 Å². The molecular weight excluding hydrogens is 348 g/mol. The van der Waals surface area contributed by atoms with Gasteiger partial charge < -0.3 is 10.6 Å². The number of carbonyl (C=O) groups excluding carboxylic acids is 1. The molecule has 0 fully saturated rings. The van der Waals surface area contributed by atoms with E-state index in [0.717, 1.165) is 40.9 Å². The van der Waals surface area contributed by atoms with Crippen LogP contribution in [-0.2, 0) is 24.7 Å². The Bertz CT molecular complexity index is 1050. The van der Waals surface area contributed by atoms with Crippen LogP contribution in [0.2, 0.25) is 0 Å². The van der Waals surface area contributed by atoms with Crippen LogP contribution in [0.4, 0.5) is 17.3 Å². The Kier molecular flexibility index (Phi) is 4.24. The summed E-state index contributed by atoms with van der Waals surface area (Å²) in [5, 5.41) is 6.73. The number of aromatic nitrogens is 2. The lowest BCUT2D eigenvalue weighted by atomic mass is 9.97. The molecule has 0 atom stereocenters. The number of hydrogen-bond donors (Lipinski definition) is 2. The van der Waals surface area contributed by atoms with Gasteiger partial charge in [-0.25, -0.2) is 4.98 Å². The molecule has 0 saturated heterocycles. The third kappa shape index (κ3) is 2.99. The molecule has 0 radical (unpaired) electrons. The highest BCUT2D eigenvalue weighted by Crippen LogP contribution is 2.34. The molecule has 2 heterocycles. The van der Waals surface area contributed by atoms with Crippen molar-refractivity contribution in [3.05, 3.63) is 45.1 Å². The van der Waals surface area contributed by atoms with Gasteiger partial charge in [0.15, 0.2) is 0 Å². The van der Waals surface area contributed by atoms with E-state index in [1.165, 1.54) is 23.8 Å². The molecule has 0 bridgehead atoms. The zero-order valence-electron chi connectivity index (χ0n) is 14.8. The van der Waals surface area contributed by atoms with E-state index < -0.39 is 0 Å². The molecular formula is C19H20N4O2S. The second-order valence-corrected chi connectivity index (χ2v) is 7.66. The van der Waals surface area contributed by atoms with E-state index in [0.29, 0.717) is 5.95 Å². The summed E-state index contributed by atoms with van der Waals surface area (Å²) >= 11 is 1.64. The van der Waals surface area contributed by atoms with Crippen LogP contribution in [0.25, 0.3) is 10.2 Å². The van der Waals surface area contributed by atoms with E-state index >= 15 is 0 Å². The molecule has 1 aliphatic rings. The van der Waals surface area contributed by atoms with Crippen LogP contribution in [-0.4, -0.2) is 15.5 Å². The van der Waals surface area contributed by atoms with Crippen LogP contribution in [0.3, 0.4) is 0 Å². The molecule has 1 aromatic carbocycles. The lowest BCUT2D eigenvalue weighted by molar-refractivity contribution is -0.114. The van der Waals surface area contributed by atoms with Gasteiger partial charge in [0.05, 0.1) is 5.39 Å². The third-order valence-corrected chi connectivity index (χ3v) is 5.84. The van der Waals surface area contributed by atoms with Crippen molar-refractivity contribution in [1.82, 2.24) is 9.55 Å². The molecule has 2 aromatic heterocycles. The minimum atomic E-state index is -0.109. The van der Waals surface area contributed by atoms with E-state index in [2.05, 4.69) is 10.6 Å². The van der Waals surface area contributed by atoms with Gasteiger partial charge in [-0.2, -0.15) is 0 Å². The molecule has 0 saturated carbocycles. The Morgan fingerprint density at radius 3 is 2.58 bits per heavy atom. The third-order valence-electron chi connectivity index (χ3n) is 4.66. The number of hydrogen-bond acceptors (Lipinski definition) is 5. The number of anilines is 3. The van der Waals surface area contributed by atoms with E-state index in [9.17, 15) is 9.59 Å². The molecule has 0 spiro atoms. The number of rotatable bonds is 3. The van der Waals surface area contributed by atoms with Crippen molar-refractivity contribution in [2.45, 2.75) is 32.6 Å². The molecule has 0 unspecified atom stereocenters. The number of nitrogens with one attached hydrogen (secondary N) is 2. The average molecular weight is 368 g/mol. The summed E-state index contributed by atoms with van der Waals surface area (Å²) in [5.41, 5.74) is 2.75. The Labute approximate surface area is 154 Å². The van der Waals surface area contributed by atoms with E-state index in [1.54, 1.807) is 23.0 Å². The summed E-state index contributed by atoms with van der Waals surface area (Å²) in [6, 6.07) is 7.32. The normalized spacial score (nSPS) is 13.5. The summed E-state index contributed by atoms with van der Waals surface area (Å²) in [5.74, 6) is 0.412. The number of amides is 1. The van der Waals surface area contributed by atoms with Crippen LogP contribution in [0.15, 0.2) is 29.1 Å². The minimum Gasteiger partial charge on any atom is -0.326 e. The molecule has 1 aliphatic carbocycles. The first-order chi connectivity index (χ1) is 12.5. The van der Waals surface area contributed by atoms with Gasteiger partial charge in [0, 0.05) is 30.2 Å². The first-order valence-corrected chi connectivity index (χ1v) is 9.50. The molecule has 4 rings (SSSR count). The Hall–Kier alpha value is -2.67. The van der Waals surface area contributed by atoms with Crippen LogP contribution in [0, 0.1) is 0 Å². The smallest absolute Gasteiger partial charge is 0.263 e. The van der Waals surface area contributed by atoms with Crippen molar-refractivity contribution in [3.63, 3.8) is 0 Å². The van der Waals surface area contributed by atoms with E-state index in [-0.39, 0.29) is 11.5 Å². The maximum atomic E-state index is 12.9. The van der Waals surface area contributed by atoms with Gasteiger partial charge in [-0.3, -0.25) is 14.2 Å². The van der Waals surface area contributed by atoms with Crippen molar-refractivity contribution in [1.29, 1.82) is 0 Å². The summed E-state index contributed by atoms with van der Waals surface area (Å²) in [6.45, 7) is 1.47. The predicted molar refractivity (Wildman–Crippen MR) is 106 cm³/mol. The lowest BCUT2D eigenvalue weighted by Crippen LogP contribution is -2.21. The fraction of sp³-hybridized carbons (Fsp3) is 0.316. The number of benzene rings is 1. The number of nitrogens with zero attached hydrogens (tertiary/aromatic N) is 2. The van der Waals surface area contributed by atoms with Gasteiger partial charge in [0.1, 0.15) is 4.83 Å². The van der Waals surface area contributed by atoms with Crippen molar-refractivity contribution in [2.24, 2.45) is 7.05 Å². The lowest BCUT2D eigenvalue weighted by Gasteiger charge is -2.12. The van der Waals surface area contributed by atoms with Gasteiger partial charge in [-0.15, -0.1) is 11.3 Å². The predicted octanol–water partition coefficient (Wildman–Crippen LogP) is 3.58. The summed E-state index contributed by atoms with van der Waals surface area (Å²) in [6.07, 6.45) is 4.35. The topological polar surface area (TPSA) is 76.0 Å². The largest absolute Gasteiger partial charge is 0.326 e. The molecule has 134 valence electrons. The van der Waals surface area contributed by atoms with Crippen LogP contribution in [0.1, 0.15) is 30.2 Å². The molecule has 2 N–H and O–H groups in total. The average Bonchev–Trinajstić information content (AvgIpc) is 2.99. The van der Waals surface area contributed by atoms with Gasteiger partial charge in [-0.05, 0) is 55.5 Å². The summed E-state index contributed by atoms with van der Waals surface area (Å²) < 4.78 is 1.58. The number of thiophene rings is 1. The van der Waals surface area contributed by atoms with Crippen LogP contribution >= 0.6 is 11.3 Å². The standard InChI is InChI=1S/C19H20N4O2S/c1-11(24)20-12-7-9-13(10-8-12)21-19-22-17-16(18(25)23(19)2)14-5-3-4-6-15(14)26-17/h7-10H,3-6H2,1-2H3,(H,20,24)(H,21,22). The maximum absolute atomic E-state index is 12.9. The zero-order valence-corrected chi connectivity index (χ0v) is 15.6. The quantitative estimate of drug-likeness (QED) is 0.741. The van der Waals surface area contributed by atoms with Crippen molar-refractivity contribution >= 4 is 44.8 Å². The molecule has 1 amide bonds. The fourth-order valence-electron chi connectivity index (χ4n) is 3.37. The number of aryl methyl sites for hydroxylation is 2. The van der Waals surface area contributed by atoms with Gasteiger partial charge in [0.2, 0.25) is 11.9 Å². The minimum absolute atomic E-state index is 0.00627.